The van der Waals surface area contributed by atoms with E-state index < -0.39 is 4.92 Å². The first-order chi connectivity index (χ1) is 13.1. The molecular formula is C19H20ClN3O4. The van der Waals surface area contributed by atoms with Crippen molar-refractivity contribution in [3.63, 3.8) is 0 Å². The first-order valence-electron chi connectivity index (χ1n) is 8.90. The topological polar surface area (TPSA) is 68.1 Å². The zero-order valence-corrected chi connectivity index (χ0v) is 15.5. The summed E-state index contributed by atoms with van der Waals surface area (Å²) in [7, 11) is 0. The van der Waals surface area contributed by atoms with Crippen LogP contribution in [0.4, 0.5) is 11.4 Å². The van der Waals surface area contributed by atoms with Crippen molar-refractivity contribution in [2.24, 2.45) is 0 Å². The van der Waals surface area contributed by atoms with E-state index in [1.165, 1.54) is 17.7 Å². The number of hydrogen-bond acceptors (Lipinski definition) is 6. The minimum atomic E-state index is -0.430. The van der Waals surface area contributed by atoms with E-state index in [4.69, 9.17) is 21.1 Å². The molecule has 0 bridgehead atoms. The first-order valence-corrected chi connectivity index (χ1v) is 9.28. The van der Waals surface area contributed by atoms with Gasteiger partial charge in [0.2, 0.25) is 0 Å². The number of nitrogens with zero attached hydrogens (tertiary/aromatic N) is 3. The van der Waals surface area contributed by atoms with Crippen molar-refractivity contribution in [1.29, 1.82) is 0 Å². The van der Waals surface area contributed by atoms with E-state index in [1.54, 1.807) is 6.07 Å². The lowest BCUT2D eigenvalue weighted by molar-refractivity contribution is -0.384. The number of rotatable bonds is 4. The molecule has 27 heavy (non-hydrogen) atoms. The van der Waals surface area contributed by atoms with Crippen LogP contribution < -0.4 is 14.4 Å². The fraction of sp³-hybridized carbons (Fsp3) is 0.368. The number of ether oxygens (including phenoxy) is 2. The fourth-order valence-corrected chi connectivity index (χ4v) is 3.75. The SMILES string of the molecule is O=[N+]([O-])c1ccc(N2CCN(Cc3ccc4c(c3)OCCO4)CC2)c(Cl)c1. The van der Waals surface area contributed by atoms with Crippen molar-refractivity contribution in [3.8, 4) is 11.5 Å². The molecule has 0 unspecified atom stereocenters. The summed E-state index contributed by atoms with van der Waals surface area (Å²) >= 11 is 6.25. The van der Waals surface area contributed by atoms with E-state index >= 15 is 0 Å². The van der Waals surface area contributed by atoms with Gasteiger partial charge in [-0.05, 0) is 23.8 Å². The van der Waals surface area contributed by atoms with Crippen molar-refractivity contribution < 1.29 is 14.4 Å². The van der Waals surface area contributed by atoms with Crippen molar-refractivity contribution >= 4 is 23.0 Å². The van der Waals surface area contributed by atoms with Gasteiger partial charge in [0.1, 0.15) is 13.2 Å². The highest BCUT2D eigenvalue weighted by atomic mass is 35.5. The molecule has 4 rings (SSSR count). The second-order valence-electron chi connectivity index (χ2n) is 6.63. The maximum Gasteiger partial charge on any atom is 0.271 e. The zero-order valence-electron chi connectivity index (χ0n) is 14.8. The number of nitro benzene ring substituents is 1. The standard InChI is InChI=1S/C19H20ClN3O4/c20-16-12-15(23(24)25)2-3-17(16)22-7-5-21(6-8-22)13-14-1-4-18-19(11-14)27-10-9-26-18/h1-4,11-12H,5-10,13H2. The molecule has 0 saturated carbocycles. The monoisotopic (exact) mass is 389 g/mol. The average molecular weight is 390 g/mol. The van der Waals surface area contributed by atoms with Gasteiger partial charge < -0.3 is 14.4 Å². The van der Waals surface area contributed by atoms with Gasteiger partial charge in [-0.25, -0.2) is 0 Å². The van der Waals surface area contributed by atoms with Crippen molar-refractivity contribution in [2.45, 2.75) is 6.54 Å². The number of benzene rings is 2. The Morgan fingerprint density at radius 3 is 2.44 bits per heavy atom. The quantitative estimate of drug-likeness (QED) is 0.590. The van der Waals surface area contributed by atoms with Crippen LogP contribution in [0.2, 0.25) is 5.02 Å². The summed E-state index contributed by atoms with van der Waals surface area (Å²) in [5, 5.41) is 11.3. The molecule has 0 spiro atoms. The molecule has 0 aliphatic carbocycles. The highest BCUT2D eigenvalue weighted by molar-refractivity contribution is 6.33. The number of non-ortho nitro benzene ring substituents is 1. The Hall–Kier alpha value is -2.51. The molecule has 0 aromatic heterocycles. The lowest BCUT2D eigenvalue weighted by atomic mass is 10.1. The van der Waals surface area contributed by atoms with Crippen LogP contribution in [-0.2, 0) is 6.54 Å². The van der Waals surface area contributed by atoms with Gasteiger partial charge in [0.15, 0.2) is 11.5 Å². The van der Waals surface area contributed by atoms with Gasteiger partial charge in [-0.15, -0.1) is 0 Å². The van der Waals surface area contributed by atoms with Gasteiger partial charge in [-0.1, -0.05) is 17.7 Å². The van der Waals surface area contributed by atoms with Crippen LogP contribution in [0.3, 0.4) is 0 Å². The summed E-state index contributed by atoms with van der Waals surface area (Å²) in [5.74, 6) is 1.62. The van der Waals surface area contributed by atoms with E-state index in [9.17, 15) is 10.1 Å². The summed E-state index contributed by atoms with van der Waals surface area (Å²) in [6, 6.07) is 10.7. The van der Waals surface area contributed by atoms with Crippen LogP contribution in [-0.4, -0.2) is 49.2 Å². The van der Waals surface area contributed by atoms with Crippen LogP contribution in [0, 0.1) is 10.1 Å². The van der Waals surface area contributed by atoms with Crippen molar-refractivity contribution in [1.82, 2.24) is 4.90 Å². The molecule has 2 aromatic rings. The molecule has 2 aliphatic rings. The molecule has 2 aromatic carbocycles. The largest absolute Gasteiger partial charge is 0.486 e. The second-order valence-corrected chi connectivity index (χ2v) is 7.04. The summed E-state index contributed by atoms with van der Waals surface area (Å²) in [4.78, 5) is 15.0. The second kappa shape index (κ2) is 7.62. The number of halogens is 1. The van der Waals surface area contributed by atoms with Crippen LogP contribution in [0.15, 0.2) is 36.4 Å². The molecule has 0 amide bonds. The Bertz CT molecular complexity index is 853. The Kier molecular flexibility index (Phi) is 5.05. The van der Waals surface area contributed by atoms with Gasteiger partial charge >= 0.3 is 0 Å². The lowest BCUT2D eigenvalue weighted by Gasteiger charge is -2.36. The minimum absolute atomic E-state index is 0.0148. The number of piperazine rings is 1. The Morgan fingerprint density at radius 1 is 1.00 bits per heavy atom. The molecule has 0 atom stereocenters. The molecule has 0 radical (unpaired) electrons. The number of anilines is 1. The maximum atomic E-state index is 10.9. The average Bonchev–Trinajstić information content (AvgIpc) is 2.68. The number of hydrogen-bond donors (Lipinski definition) is 0. The molecule has 7 nitrogen and oxygen atoms in total. The molecule has 0 N–H and O–H groups in total. The van der Waals surface area contributed by atoms with E-state index in [0.717, 1.165) is 49.9 Å². The molecule has 1 saturated heterocycles. The minimum Gasteiger partial charge on any atom is -0.486 e. The maximum absolute atomic E-state index is 10.9. The predicted molar refractivity (Wildman–Crippen MR) is 103 cm³/mol. The van der Waals surface area contributed by atoms with Gasteiger partial charge in [-0.3, -0.25) is 15.0 Å². The first kappa shape index (κ1) is 17.9. The fourth-order valence-electron chi connectivity index (χ4n) is 3.46. The zero-order chi connectivity index (χ0) is 18.8. The number of nitro groups is 1. The normalized spacial score (nSPS) is 17.0. The van der Waals surface area contributed by atoms with Crippen LogP contribution >= 0.6 is 11.6 Å². The molecular weight excluding hydrogens is 370 g/mol. The third-order valence-corrected chi connectivity index (χ3v) is 5.17. The van der Waals surface area contributed by atoms with E-state index in [1.807, 2.05) is 12.1 Å². The smallest absolute Gasteiger partial charge is 0.271 e. The van der Waals surface area contributed by atoms with Crippen molar-refractivity contribution in [3.05, 3.63) is 57.1 Å². The summed E-state index contributed by atoms with van der Waals surface area (Å²) < 4.78 is 11.2. The van der Waals surface area contributed by atoms with Crippen molar-refractivity contribution in [2.75, 3.05) is 44.3 Å². The number of fused-ring (bicyclic) bond motifs is 1. The predicted octanol–water partition coefficient (Wildman–Crippen LogP) is 3.34. The van der Waals surface area contributed by atoms with E-state index in [-0.39, 0.29) is 5.69 Å². The molecule has 2 aliphatic heterocycles. The van der Waals surface area contributed by atoms with Gasteiger partial charge in [-0.2, -0.15) is 0 Å². The molecule has 142 valence electrons. The van der Waals surface area contributed by atoms with Crippen LogP contribution in [0.5, 0.6) is 11.5 Å². The molecule has 8 heteroatoms. The third-order valence-electron chi connectivity index (χ3n) is 4.87. The van der Waals surface area contributed by atoms with Gasteiger partial charge in [0.25, 0.3) is 5.69 Å². The molecule has 1 fully saturated rings. The summed E-state index contributed by atoms with van der Waals surface area (Å²) in [5.41, 5.74) is 2.06. The van der Waals surface area contributed by atoms with Gasteiger partial charge in [0, 0.05) is 44.9 Å². The summed E-state index contributed by atoms with van der Waals surface area (Å²) in [6.45, 7) is 5.46. The Morgan fingerprint density at radius 2 is 1.74 bits per heavy atom. The Balaban J connectivity index is 1.37. The highest BCUT2D eigenvalue weighted by Gasteiger charge is 2.21. The van der Waals surface area contributed by atoms with Crippen LogP contribution in [0.25, 0.3) is 0 Å². The highest BCUT2D eigenvalue weighted by Crippen LogP contribution is 2.32. The summed E-state index contributed by atoms with van der Waals surface area (Å²) in [6.07, 6.45) is 0. The molecule has 2 heterocycles. The van der Waals surface area contributed by atoms with Gasteiger partial charge in [0.05, 0.1) is 15.6 Å². The van der Waals surface area contributed by atoms with E-state index in [2.05, 4.69) is 15.9 Å². The third kappa shape index (κ3) is 3.94. The van der Waals surface area contributed by atoms with E-state index in [0.29, 0.717) is 18.2 Å². The Labute approximate surface area is 162 Å². The van der Waals surface area contributed by atoms with Crippen LogP contribution in [0.1, 0.15) is 5.56 Å². The lowest BCUT2D eigenvalue weighted by Crippen LogP contribution is -2.46.